The molecular formula is C16H17FN2O4. The molecule has 122 valence electrons. The maximum Gasteiger partial charge on any atom is 0.407 e. The van der Waals surface area contributed by atoms with Gasteiger partial charge in [-0.25, -0.2) is 9.18 Å². The molecule has 2 unspecified atom stereocenters. The third kappa shape index (κ3) is 5.32. The molecule has 2 aromatic rings. The highest BCUT2D eigenvalue weighted by Gasteiger charge is 2.20. The van der Waals surface area contributed by atoms with Gasteiger partial charge in [0.05, 0.1) is 6.20 Å². The number of pyridine rings is 1. The first-order chi connectivity index (χ1) is 11.1. The number of alkyl carbamates (subject to hydrolysis) is 1. The van der Waals surface area contributed by atoms with Crippen LogP contribution in [0.5, 0.6) is 0 Å². The average Bonchev–Trinajstić information content (AvgIpc) is 2.58. The molecule has 0 radical (unpaired) electrons. The van der Waals surface area contributed by atoms with E-state index in [1.54, 1.807) is 0 Å². The molecule has 0 aliphatic carbocycles. The molecule has 0 spiro atoms. The van der Waals surface area contributed by atoms with Crippen molar-refractivity contribution >= 4 is 6.09 Å². The first-order valence-electron chi connectivity index (χ1n) is 6.97. The molecular weight excluding hydrogens is 303 g/mol. The van der Waals surface area contributed by atoms with Crippen LogP contribution in [0, 0.1) is 5.82 Å². The van der Waals surface area contributed by atoms with Gasteiger partial charge in [-0.3, -0.25) is 4.98 Å². The highest BCUT2D eigenvalue weighted by atomic mass is 19.1. The average molecular weight is 320 g/mol. The van der Waals surface area contributed by atoms with E-state index in [1.807, 2.05) is 30.3 Å². The zero-order chi connectivity index (χ0) is 16.7. The smallest absolute Gasteiger partial charge is 0.407 e. The zero-order valence-electron chi connectivity index (χ0n) is 12.2. The number of aromatic nitrogens is 1. The molecule has 2 rings (SSSR count). The molecule has 23 heavy (non-hydrogen) atoms. The Balaban J connectivity index is 1.77. The number of ether oxygens (including phenoxy) is 1. The molecule has 2 atom stereocenters. The number of hydrogen-bond acceptors (Lipinski definition) is 5. The molecule has 1 aromatic carbocycles. The third-order valence-corrected chi connectivity index (χ3v) is 3.10. The van der Waals surface area contributed by atoms with Gasteiger partial charge in [0, 0.05) is 18.3 Å². The van der Waals surface area contributed by atoms with E-state index in [-0.39, 0.29) is 18.7 Å². The maximum absolute atomic E-state index is 13.0. The second kappa shape index (κ2) is 8.21. The Morgan fingerprint density at radius 2 is 2.00 bits per heavy atom. The van der Waals surface area contributed by atoms with Crippen LogP contribution in [-0.2, 0) is 11.3 Å². The summed E-state index contributed by atoms with van der Waals surface area (Å²) in [5, 5.41) is 22.0. The summed E-state index contributed by atoms with van der Waals surface area (Å²) in [7, 11) is 0. The summed E-state index contributed by atoms with van der Waals surface area (Å²) in [6, 6.07) is 10.2. The van der Waals surface area contributed by atoms with Crippen molar-refractivity contribution in [3.05, 3.63) is 65.7 Å². The van der Waals surface area contributed by atoms with Crippen molar-refractivity contribution in [2.24, 2.45) is 0 Å². The largest absolute Gasteiger partial charge is 0.445 e. The molecule has 0 saturated heterocycles. The Morgan fingerprint density at radius 3 is 2.70 bits per heavy atom. The number of nitrogens with zero attached hydrogens (tertiary/aromatic N) is 1. The highest BCUT2D eigenvalue weighted by Crippen LogP contribution is 2.16. The minimum absolute atomic E-state index is 0.0964. The van der Waals surface area contributed by atoms with Crippen molar-refractivity contribution in [3.63, 3.8) is 0 Å². The van der Waals surface area contributed by atoms with E-state index in [0.29, 0.717) is 0 Å². The number of carbonyl (C=O) groups excluding carboxylic acids is 1. The van der Waals surface area contributed by atoms with Crippen LogP contribution in [-0.4, -0.2) is 33.9 Å². The number of amides is 1. The predicted octanol–water partition coefficient (Wildman–Crippen LogP) is 1.54. The fourth-order valence-corrected chi connectivity index (χ4v) is 1.89. The summed E-state index contributed by atoms with van der Waals surface area (Å²) < 4.78 is 18.0. The Labute approximate surface area is 132 Å². The predicted molar refractivity (Wildman–Crippen MR) is 79.8 cm³/mol. The maximum atomic E-state index is 13.0. The summed E-state index contributed by atoms with van der Waals surface area (Å²) in [6.07, 6.45) is -1.18. The summed E-state index contributed by atoms with van der Waals surface area (Å²) in [5.41, 5.74) is 0.950. The Bertz CT molecular complexity index is 639. The molecule has 1 amide bonds. The van der Waals surface area contributed by atoms with Crippen LogP contribution >= 0.6 is 0 Å². The first kappa shape index (κ1) is 16.9. The van der Waals surface area contributed by atoms with Crippen LogP contribution in [0.25, 0.3) is 0 Å². The summed E-state index contributed by atoms with van der Waals surface area (Å²) in [5.74, 6) is -0.621. The van der Waals surface area contributed by atoms with E-state index < -0.39 is 24.1 Å². The van der Waals surface area contributed by atoms with Crippen molar-refractivity contribution in [3.8, 4) is 0 Å². The lowest BCUT2D eigenvalue weighted by Gasteiger charge is -2.18. The number of rotatable bonds is 6. The molecule has 0 fully saturated rings. The molecule has 0 aliphatic heterocycles. The molecule has 7 heteroatoms. The normalized spacial score (nSPS) is 13.2. The van der Waals surface area contributed by atoms with Crippen molar-refractivity contribution in [2.75, 3.05) is 6.54 Å². The van der Waals surface area contributed by atoms with Gasteiger partial charge in [0.15, 0.2) is 0 Å². The summed E-state index contributed by atoms with van der Waals surface area (Å²) >= 11 is 0. The zero-order valence-corrected chi connectivity index (χ0v) is 12.2. The van der Waals surface area contributed by atoms with E-state index in [1.165, 1.54) is 6.20 Å². The van der Waals surface area contributed by atoms with Crippen molar-refractivity contribution in [1.82, 2.24) is 10.3 Å². The number of carbonyl (C=O) groups is 1. The minimum atomic E-state index is -1.37. The van der Waals surface area contributed by atoms with Crippen LogP contribution < -0.4 is 5.32 Å². The molecule has 1 heterocycles. The number of aliphatic hydroxyl groups excluding tert-OH is 2. The van der Waals surface area contributed by atoms with Gasteiger partial charge in [-0.2, -0.15) is 0 Å². The van der Waals surface area contributed by atoms with Gasteiger partial charge in [0.25, 0.3) is 0 Å². The van der Waals surface area contributed by atoms with Crippen LogP contribution in [0.3, 0.4) is 0 Å². The Kier molecular flexibility index (Phi) is 6.02. The van der Waals surface area contributed by atoms with E-state index in [4.69, 9.17) is 4.74 Å². The van der Waals surface area contributed by atoms with Gasteiger partial charge in [0.1, 0.15) is 24.6 Å². The van der Waals surface area contributed by atoms with Crippen LogP contribution in [0.1, 0.15) is 17.2 Å². The van der Waals surface area contributed by atoms with Crippen LogP contribution in [0.2, 0.25) is 0 Å². The van der Waals surface area contributed by atoms with Gasteiger partial charge in [0.2, 0.25) is 0 Å². The number of aliphatic hydroxyl groups is 2. The lowest BCUT2D eigenvalue weighted by Crippen LogP contribution is -2.35. The molecule has 0 aliphatic rings. The lowest BCUT2D eigenvalue weighted by atomic mass is 10.1. The van der Waals surface area contributed by atoms with E-state index >= 15 is 0 Å². The molecule has 0 saturated carbocycles. The van der Waals surface area contributed by atoms with Gasteiger partial charge >= 0.3 is 6.09 Å². The topological polar surface area (TPSA) is 91.7 Å². The van der Waals surface area contributed by atoms with Crippen molar-refractivity contribution in [2.45, 2.75) is 18.8 Å². The van der Waals surface area contributed by atoms with Gasteiger partial charge in [-0.05, 0) is 11.6 Å². The molecule has 0 bridgehead atoms. The van der Waals surface area contributed by atoms with Gasteiger partial charge in [-0.1, -0.05) is 30.3 Å². The summed E-state index contributed by atoms with van der Waals surface area (Å²) in [6.45, 7) is -0.148. The van der Waals surface area contributed by atoms with Crippen molar-refractivity contribution < 1.29 is 24.1 Å². The number of halogens is 1. The molecule has 6 nitrogen and oxygen atoms in total. The van der Waals surface area contributed by atoms with Crippen LogP contribution in [0.15, 0.2) is 48.8 Å². The van der Waals surface area contributed by atoms with Crippen LogP contribution in [0.4, 0.5) is 9.18 Å². The second-order valence-electron chi connectivity index (χ2n) is 4.89. The molecule has 1 aromatic heterocycles. The minimum Gasteiger partial charge on any atom is -0.445 e. The lowest BCUT2D eigenvalue weighted by molar-refractivity contribution is 0.0180. The second-order valence-corrected chi connectivity index (χ2v) is 4.89. The SMILES string of the molecule is O=C(NCC(O)C(O)c1cncc(F)c1)OCc1ccccc1. The van der Waals surface area contributed by atoms with Gasteiger partial charge in [-0.15, -0.1) is 0 Å². The van der Waals surface area contributed by atoms with E-state index in [0.717, 1.165) is 17.8 Å². The van der Waals surface area contributed by atoms with E-state index in [2.05, 4.69) is 10.3 Å². The number of hydrogen-bond donors (Lipinski definition) is 3. The number of nitrogens with one attached hydrogen (secondary N) is 1. The quantitative estimate of drug-likeness (QED) is 0.751. The van der Waals surface area contributed by atoms with Gasteiger partial charge < -0.3 is 20.3 Å². The monoisotopic (exact) mass is 320 g/mol. The molecule has 3 N–H and O–H groups in total. The van der Waals surface area contributed by atoms with Crippen molar-refractivity contribution in [1.29, 1.82) is 0 Å². The first-order valence-corrected chi connectivity index (χ1v) is 6.97. The number of benzene rings is 1. The highest BCUT2D eigenvalue weighted by molar-refractivity contribution is 5.67. The Morgan fingerprint density at radius 1 is 1.26 bits per heavy atom. The fourth-order valence-electron chi connectivity index (χ4n) is 1.89. The standard InChI is InChI=1S/C16H17FN2O4/c17-13-6-12(7-18-8-13)15(21)14(20)9-19-16(22)23-10-11-4-2-1-3-5-11/h1-8,14-15,20-21H,9-10H2,(H,19,22). The van der Waals surface area contributed by atoms with E-state index in [9.17, 15) is 19.4 Å². The third-order valence-electron chi connectivity index (χ3n) is 3.10. The Hall–Kier alpha value is -2.51. The summed E-state index contributed by atoms with van der Waals surface area (Å²) in [4.78, 5) is 15.1. The fraction of sp³-hybridized carbons (Fsp3) is 0.250.